The van der Waals surface area contributed by atoms with Gasteiger partial charge in [0.05, 0.1) is 18.0 Å². The van der Waals surface area contributed by atoms with Crippen LogP contribution in [-0.4, -0.2) is 14.9 Å². The highest BCUT2D eigenvalue weighted by molar-refractivity contribution is 6.30. The van der Waals surface area contributed by atoms with Gasteiger partial charge in [-0.1, -0.05) is 31.0 Å². The van der Waals surface area contributed by atoms with E-state index in [4.69, 9.17) is 11.6 Å². The maximum absolute atomic E-state index is 13.2. The summed E-state index contributed by atoms with van der Waals surface area (Å²) in [4.78, 5) is 0. The van der Waals surface area contributed by atoms with Crippen molar-refractivity contribution in [2.45, 2.75) is 26.4 Å². The van der Waals surface area contributed by atoms with Crippen LogP contribution in [0.4, 0.5) is 4.39 Å². The summed E-state index contributed by atoms with van der Waals surface area (Å²) in [6, 6.07) is 6.04. The highest BCUT2D eigenvalue weighted by Gasteiger charge is 2.16. The Morgan fingerprint density at radius 1 is 1.44 bits per heavy atom. The third-order valence-electron chi connectivity index (χ3n) is 2.70. The minimum absolute atomic E-state index is 0.163. The van der Waals surface area contributed by atoms with Gasteiger partial charge in [-0.25, -0.2) is 9.07 Å². The number of benzene rings is 1. The van der Waals surface area contributed by atoms with Crippen LogP contribution in [-0.2, 0) is 13.0 Å². The zero-order chi connectivity index (χ0) is 13.1. The van der Waals surface area contributed by atoms with Crippen LogP contribution in [0.2, 0.25) is 5.15 Å². The molecule has 0 bridgehead atoms. The maximum atomic E-state index is 13.2. The Morgan fingerprint density at radius 2 is 2.22 bits per heavy atom. The Balaban J connectivity index is 2.51. The summed E-state index contributed by atoms with van der Waals surface area (Å²) in [6.45, 7) is 1.86. The van der Waals surface area contributed by atoms with Crippen LogP contribution in [0.1, 0.15) is 24.6 Å². The molecule has 1 N–H and O–H groups in total. The molecule has 0 spiro atoms. The molecule has 0 saturated carbocycles. The van der Waals surface area contributed by atoms with Gasteiger partial charge in [0.25, 0.3) is 0 Å². The molecule has 1 aromatic carbocycles. The number of aliphatic hydroxyl groups is 1. The van der Waals surface area contributed by atoms with Gasteiger partial charge in [-0.15, -0.1) is 0 Å². The molecule has 3 nitrogen and oxygen atoms in total. The van der Waals surface area contributed by atoms with Gasteiger partial charge in [0, 0.05) is 5.56 Å². The van der Waals surface area contributed by atoms with Crippen LogP contribution in [0.3, 0.4) is 0 Å². The lowest BCUT2D eigenvalue weighted by molar-refractivity contribution is 0.280. The fourth-order valence-electron chi connectivity index (χ4n) is 1.84. The minimum atomic E-state index is -0.346. The van der Waals surface area contributed by atoms with Crippen molar-refractivity contribution in [3.05, 3.63) is 46.5 Å². The second-order valence-corrected chi connectivity index (χ2v) is 4.37. The predicted octanol–water partition coefficient (Wildman–Crippen LogP) is 3.11. The number of aliphatic hydroxyl groups excluding tert-OH is 1. The maximum Gasteiger partial charge on any atom is 0.138 e. The van der Waals surface area contributed by atoms with Crippen LogP contribution in [0.15, 0.2) is 24.3 Å². The fourth-order valence-corrected chi connectivity index (χ4v) is 2.15. The molecule has 0 amide bonds. The highest BCUT2D eigenvalue weighted by atomic mass is 35.5. The van der Waals surface area contributed by atoms with E-state index in [0.717, 1.165) is 18.5 Å². The molecule has 0 unspecified atom stereocenters. The molecule has 96 valence electrons. The molecule has 18 heavy (non-hydrogen) atoms. The lowest BCUT2D eigenvalue weighted by atomic mass is 10.2. The highest BCUT2D eigenvalue weighted by Crippen LogP contribution is 2.25. The number of halogens is 2. The van der Waals surface area contributed by atoms with Crippen molar-refractivity contribution in [3.8, 4) is 5.69 Å². The molecule has 0 radical (unpaired) electrons. The Labute approximate surface area is 110 Å². The molecule has 5 heteroatoms. The van der Waals surface area contributed by atoms with Crippen molar-refractivity contribution in [1.82, 2.24) is 9.78 Å². The predicted molar refractivity (Wildman–Crippen MR) is 68.4 cm³/mol. The number of aromatic nitrogens is 2. The average Bonchev–Trinajstić information content (AvgIpc) is 2.66. The summed E-state index contributed by atoms with van der Waals surface area (Å²) in [5.74, 6) is -0.346. The summed E-state index contributed by atoms with van der Waals surface area (Å²) in [7, 11) is 0. The zero-order valence-corrected chi connectivity index (χ0v) is 10.8. The van der Waals surface area contributed by atoms with Gasteiger partial charge < -0.3 is 5.11 Å². The van der Waals surface area contributed by atoms with Crippen LogP contribution in [0.5, 0.6) is 0 Å². The van der Waals surface area contributed by atoms with Crippen molar-refractivity contribution in [2.75, 3.05) is 0 Å². The van der Waals surface area contributed by atoms with E-state index < -0.39 is 0 Å². The molecule has 0 fully saturated rings. The molecular formula is C13H14ClFN2O. The number of hydrogen-bond acceptors (Lipinski definition) is 2. The van der Waals surface area contributed by atoms with Crippen LogP contribution in [0.25, 0.3) is 5.69 Å². The van der Waals surface area contributed by atoms with Gasteiger partial charge in [0.15, 0.2) is 0 Å². The summed E-state index contributed by atoms with van der Waals surface area (Å²) in [5, 5.41) is 14.0. The number of aryl methyl sites for hydroxylation is 1. The Hall–Kier alpha value is -1.39. The van der Waals surface area contributed by atoms with Gasteiger partial charge in [-0.05, 0) is 24.6 Å². The van der Waals surface area contributed by atoms with Gasteiger partial charge >= 0.3 is 0 Å². The van der Waals surface area contributed by atoms with Crippen molar-refractivity contribution in [3.63, 3.8) is 0 Å². The monoisotopic (exact) mass is 268 g/mol. The Morgan fingerprint density at radius 3 is 2.83 bits per heavy atom. The second-order valence-electron chi connectivity index (χ2n) is 4.02. The molecule has 1 heterocycles. The first-order valence-corrected chi connectivity index (χ1v) is 6.18. The van der Waals surface area contributed by atoms with E-state index in [-0.39, 0.29) is 12.4 Å². The van der Waals surface area contributed by atoms with Crippen LogP contribution in [0, 0.1) is 5.82 Å². The lowest BCUT2D eigenvalue weighted by Gasteiger charge is -2.02. The van der Waals surface area contributed by atoms with Crippen molar-refractivity contribution in [2.24, 2.45) is 0 Å². The minimum Gasteiger partial charge on any atom is -0.391 e. The standard InChI is InChI=1S/C13H14ClFN2O/c1-2-4-12-11(8-18)13(14)17(16-12)10-6-3-5-9(15)7-10/h3,5-7,18H,2,4,8H2,1H3. The molecule has 0 aliphatic heterocycles. The van der Waals surface area contributed by atoms with E-state index >= 15 is 0 Å². The van der Waals surface area contributed by atoms with Crippen molar-refractivity contribution < 1.29 is 9.50 Å². The van der Waals surface area contributed by atoms with Crippen LogP contribution >= 0.6 is 11.6 Å². The first kappa shape index (κ1) is 13.1. The largest absolute Gasteiger partial charge is 0.391 e. The molecule has 0 saturated heterocycles. The second kappa shape index (κ2) is 5.50. The third-order valence-corrected chi connectivity index (χ3v) is 3.09. The molecule has 2 rings (SSSR count). The summed E-state index contributed by atoms with van der Waals surface area (Å²) in [5.41, 5.74) is 1.93. The zero-order valence-electron chi connectivity index (χ0n) is 10.0. The average molecular weight is 269 g/mol. The summed E-state index contributed by atoms with van der Waals surface area (Å²) in [6.07, 6.45) is 1.64. The first-order chi connectivity index (χ1) is 8.67. The number of rotatable bonds is 4. The summed E-state index contributed by atoms with van der Waals surface area (Å²) < 4.78 is 14.6. The Bertz CT molecular complexity index is 554. The first-order valence-electron chi connectivity index (χ1n) is 5.80. The van der Waals surface area contributed by atoms with Crippen molar-refractivity contribution >= 4 is 11.6 Å². The van der Waals surface area contributed by atoms with E-state index in [1.807, 2.05) is 6.92 Å². The smallest absolute Gasteiger partial charge is 0.138 e. The summed E-state index contributed by atoms with van der Waals surface area (Å²) >= 11 is 6.17. The van der Waals surface area contributed by atoms with Gasteiger partial charge in [-0.2, -0.15) is 5.10 Å². The van der Waals surface area contributed by atoms with E-state index in [0.29, 0.717) is 16.4 Å². The molecule has 1 aromatic heterocycles. The fraction of sp³-hybridized carbons (Fsp3) is 0.308. The molecule has 0 aliphatic rings. The SMILES string of the molecule is CCCc1nn(-c2cccc(F)c2)c(Cl)c1CO. The molecular weight excluding hydrogens is 255 g/mol. The third kappa shape index (κ3) is 2.40. The van der Waals surface area contributed by atoms with E-state index in [9.17, 15) is 9.50 Å². The molecule has 2 aromatic rings. The quantitative estimate of drug-likeness (QED) is 0.925. The van der Waals surface area contributed by atoms with E-state index in [1.54, 1.807) is 12.1 Å². The van der Waals surface area contributed by atoms with Crippen LogP contribution < -0.4 is 0 Å². The topological polar surface area (TPSA) is 38.0 Å². The normalized spacial score (nSPS) is 10.9. The van der Waals surface area contributed by atoms with Gasteiger partial charge in [0.1, 0.15) is 11.0 Å². The van der Waals surface area contributed by atoms with Crippen molar-refractivity contribution in [1.29, 1.82) is 0 Å². The lowest BCUT2D eigenvalue weighted by Crippen LogP contribution is -1.98. The number of hydrogen-bond donors (Lipinski definition) is 1. The molecule has 0 atom stereocenters. The van der Waals surface area contributed by atoms with Gasteiger partial charge in [0.2, 0.25) is 0 Å². The molecule has 0 aliphatic carbocycles. The Kier molecular flexibility index (Phi) is 3.99. The van der Waals surface area contributed by atoms with E-state index in [1.165, 1.54) is 16.8 Å². The number of nitrogens with zero attached hydrogens (tertiary/aromatic N) is 2. The van der Waals surface area contributed by atoms with Gasteiger partial charge in [-0.3, -0.25) is 0 Å². The van der Waals surface area contributed by atoms with E-state index in [2.05, 4.69) is 5.10 Å².